The van der Waals surface area contributed by atoms with Crippen molar-refractivity contribution >= 4 is 23.2 Å². The van der Waals surface area contributed by atoms with E-state index in [4.69, 9.17) is 0 Å². The molecule has 1 aliphatic heterocycles. The molecule has 0 bridgehead atoms. The van der Waals surface area contributed by atoms with Crippen LogP contribution in [0.4, 0.5) is 0 Å². The Morgan fingerprint density at radius 3 is 2.87 bits per heavy atom. The highest BCUT2D eigenvalue weighted by molar-refractivity contribution is 7.13. The van der Waals surface area contributed by atoms with E-state index < -0.39 is 0 Å². The van der Waals surface area contributed by atoms with Crippen LogP contribution in [0.15, 0.2) is 54.0 Å². The number of hydrogen-bond donors (Lipinski definition) is 1. The van der Waals surface area contributed by atoms with Crippen LogP contribution in [0.3, 0.4) is 0 Å². The predicted octanol–water partition coefficient (Wildman–Crippen LogP) is 3.69. The van der Waals surface area contributed by atoms with Gasteiger partial charge in [-0.2, -0.15) is 5.10 Å². The number of rotatable bonds is 6. The molecule has 4 rings (SSSR count). The van der Waals surface area contributed by atoms with Gasteiger partial charge < -0.3 is 9.80 Å². The third-order valence-corrected chi connectivity index (χ3v) is 6.39. The summed E-state index contributed by atoms with van der Waals surface area (Å²) in [6.45, 7) is 4.32. The maximum atomic E-state index is 13.3. The van der Waals surface area contributed by atoms with E-state index in [-0.39, 0.29) is 17.7 Å². The fraction of sp³-hybridized carbons (Fsp3) is 0.348. The van der Waals surface area contributed by atoms with Gasteiger partial charge in [0.2, 0.25) is 5.91 Å². The zero-order chi connectivity index (χ0) is 20.9. The lowest BCUT2D eigenvalue weighted by Gasteiger charge is -2.24. The van der Waals surface area contributed by atoms with E-state index in [1.165, 1.54) is 10.4 Å². The molecule has 1 aromatic carbocycles. The Hall–Kier alpha value is -2.93. The Bertz CT molecular complexity index is 985. The van der Waals surface area contributed by atoms with Gasteiger partial charge in [0.25, 0.3) is 5.91 Å². The second-order valence-electron chi connectivity index (χ2n) is 7.63. The number of carbonyl (C=O) groups excluding carboxylic acids is 2. The topological polar surface area (TPSA) is 69.3 Å². The van der Waals surface area contributed by atoms with Crippen LogP contribution in [0.5, 0.6) is 0 Å². The van der Waals surface area contributed by atoms with Crippen molar-refractivity contribution in [1.82, 2.24) is 20.0 Å². The standard InChI is InChI=1S/C23H26N4O2S/c1-2-10-26-11-12-27(23(29)20-8-9-24-25-20)16-19(22(26)28)15-17-5-3-6-18(14-17)21-7-4-13-30-21/h3-9,13-14,19H,2,10-12,15-16H2,1H3,(H,24,25)/t19-/m1/s1. The summed E-state index contributed by atoms with van der Waals surface area (Å²) >= 11 is 1.71. The second kappa shape index (κ2) is 9.26. The molecule has 1 saturated heterocycles. The van der Waals surface area contributed by atoms with E-state index in [2.05, 4.69) is 46.8 Å². The maximum Gasteiger partial charge on any atom is 0.271 e. The molecule has 2 aromatic heterocycles. The first-order chi connectivity index (χ1) is 14.7. The fourth-order valence-electron chi connectivity index (χ4n) is 4.00. The molecule has 1 aliphatic rings. The largest absolute Gasteiger partial charge is 0.341 e. The number of aromatic nitrogens is 2. The van der Waals surface area contributed by atoms with Gasteiger partial charge in [0.15, 0.2) is 0 Å². The lowest BCUT2D eigenvalue weighted by Crippen LogP contribution is -2.38. The van der Waals surface area contributed by atoms with Crippen molar-refractivity contribution < 1.29 is 9.59 Å². The summed E-state index contributed by atoms with van der Waals surface area (Å²) < 4.78 is 0. The van der Waals surface area contributed by atoms with Crippen LogP contribution in [0, 0.1) is 5.92 Å². The number of H-pyrrole nitrogens is 1. The summed E-state index contributed by atoms with van der Waals surface area (Å²) in [7, 11) is 0. The second-order valence-corrected chi connectivity index (χ2v) is 8.57. The van der Waals surface area contributed by atoms with Gasteiger partial charge in [-0.05, 0) is 41.5 Å². The molecule has 2 amide bonds. The summed E-state index contributed by atoms with van der Waals surface area (Å²) in [5.74, 6) is -0.223. The normalized spacial score (nSPS) is 17.2. The van der Waals surface area contributed by atoms with Crippen molar-refractivity contribution in [2.24, 2.45) is 5.92 Å². The SMILES string of the molecule is CCCN1CCN(C(=O)c2ccn[nH]2)C[C@@H](Cc2cccc(-c3cccs3)c2)C1=O. The van der Waals surface area contributed by atoms with E-state index >= 15 is 0 Å². The van der Waals surface area contributed by atoms with E-state index in [1.54, 1.807) is 28.5 Å². The summed E-state index contributed by atoms with van der Waals surface area (Å²) in [4.78, 5) is 31.1. The smallest absolute Gasteiger partial charge is 0.271 e. The third kappa shape index (κ3) is 4.46. The van der Waals surface area contributed by atoms with Crippen molar-refractivity contribution in [3.8, 4) is 10.4 Å². The predicted molar refractivity (Wildman–Crippen MR) is 118 cm³/mol. The Morgan fingerprint density at radius 1 is 1.23 bits per heavy atom. The van der Waals surface area contributed by atoms with E-state index in [1.807, 2.05) is 17.0 Å². The molecule has 0 radical (unpaired) electrons. The lowest BCUT2D eigenvalue weighted by atomic mass is 9.96. The summed E-state index contributed by atoms with van der Waals surface area (Å²) in [5.41, 5.74) is 2.75. The van der Waals surface area contributed by atoms with Gasteiger partial charge in [0.05, 0.1) is 5.92 Å². The average molecular weight is 423 g/mol. The first kappa shape index (κ1) is 20.3. The van der Waals surface area contributed by atoms with Crippen LogP contribution >= 0.6 is 11.3 Å². The highest BCUT2D eigenvalue weighted by atomic mass is 32.1. The van der Waals surface area contributed by atoms with Crippen molar-refractivity contribution in [1.29, 1.82) is 0 Å². The van der Waals surface area contributed by atoms with Gasteiger partial charge in [0, 0.05) is 37.3 Å². The van der Waals surface area contributed by atoms with E-state index in [9.17, 15) is 9.59 Å². The van der Waals surface area contributed by atoms with Crippen molar-refractivity contribution in [2.45, 2.75) is 19.8 Å². The Labute approximate surface area is 180 Å². The van der Waals surface area contributed by atoms with Crippen LogP contribution in [0.1, 0.15) is 29.4 Å². The number of nitrogens with zero attached hydrogens (tertiary/aromatic N) is 3. The molecule has 3 aromatic rings. The first-order valence-electron chi connectivity index (χ1n) is 10.4. The molecule has 3 heterocycles. The maximum absolute atomic E-state index is 13.3. The Morgan fingerprint density at radius 2 is 2.13 bits per heavy atom. The molecule has 0 aliphatic carbocycles. The highest BCUT2D eigenvalue weighted by Gasteiger charge is 2.32. The average Bonchev–Trinajstić information content (AvgIpc) is 3.46. The number of carbonyl (C=O) groups is 2. The fourth-order valence-corrected chi connectivity index (χ4v) is 4.72. The van der Waals surface area contributed by atoms with Gasteiger partial charge in [0.1, 0.15) is 5.69 Å². The molecular weight excluding hydrogens is 396 g/mol. The Balaban J connectivity index is 1.57. The van der Waals surface area contributed by atoms with Gasteiger partial charge in [-0.3, -0.25) is 14.7 Å². The quantitative estimate of drug-likeness (QED) is 0.659. The number of benzene rings is 1. The molecule has 0 unspecified atom stereocenters. The molecule has 156 valence electrons. The number of aromatic amines is 1. The van der Waals surface area contributed by atoms with Crippen LogP contribution in [0.2, 0.25) is 0 Å². The number of thiophene rings is 1. The monoisotopic (exact) mass is 422 g/mol. The minimum absolute atomic E-state index is 0.101. The van der Waals surface area contributed by atoms with Gasteiger partial charge >= 0.3 is 0 Å². The van der Waals surface area contributed by atoms with Gasteiger partial charge in [-0.25, -0.2) is 0 Å². The minimum Gasteiger partial charge on any atom is -0.341 e. The van der Waals surface area contributed by atoms with Crippen LogP contribution < -0.4 is 0 Å². The molecule has 1 N–H and O–H groups in total. The van der Waals surface area contributed by atoms with Crippen molar-refractivity contribution in [2.75, 3.05) is 26.2 Å². The highest BCUT2D eigenvalue weighted by Crippen LogP contribution is 2.27. The van der Waals surface area contributed by atoms with Crippen LogP contribution in [0.25, 0.3) is 10.4 Å². The van der Waals surface area contributed by atoms with E-state index in [0.29, 0.717) is 31.7 Å². The molecular formula is C23H26N4O2S. The zero-order valence-electron chi connectivity index (χ0n) is 17.1. The molecule has 7 heteroatoms. The van der Waals surface area contributed by atoms with Crippen molar-refractivity contribution in [3.63, 3.8) is 0 Å². The molecule has 6 nitrogen and oxygen atoms in total. The molecule has 0 spiro atoms. The van der Waals surface area contributed by atoms with Gasteiger partial charge in [-0.1, -0.05) is 37.3 Å². The Kier molecular flexibility index (Phi) is 6.28. The summed E-state index contributed by atoms with van der Waals surface area (Å²) in [5, 5.41) is 8.71. The molecule has 0 saturated carbocycles. The minimum atomic E-state index is -0.260. The van der Waals surface area contributed by atoms with Crippen molar-refractivity contribution in [3.05, 3.63) is 65.3 Å². The summed E-state index contributed by atoms with van der Waals surface area (Å²) in [6, 6.07) is 14.2. The van der Waals surface area contributed by atoms with Crippen LogP contribution in [-0.4, -0.2) is 58.0 Å². The third-order valence-electron chi connectivity index (χ3n) is 5.47. The number of hydrogen-bond acceptors (Lipinski definition) is 4. The van der Waals surface area contributed by atoms with Crippen LogP contribution in [-0.2, 0) is 11.2 Å². The molecule has 30 heavy (non-hydrogen) atoms. The zero-order valence-corrected chi connectivity index (χ0v) is 17.9. The summed E-state index contributed by atoms with van der Waals surface area (Å²) in [6.07, 6.45) is 3.10. The van der Waals surface area contributed by atoms with Gasteiger partial charge in [-0.15, -0.1) is 11.3 Å². The first-order valence-corrected chi connectivity index (χ1v) is 11.2. The molecule has 1 atom stereocenters. The van der Waals surface area contributed by atoms with E-state index in [0.717, 1.165) is 18.5 Å². The number of amides is 2. The number of nitrogens with one attached hydrogen (secondary N) is 1. The molecule has 1 fully saturated rings. The lowest BCUT2D eigenvalue weighted by molar-refractivity contribution is -0.134.